The summed E-state index contributed by atoms with van der Waals surface area (Å²) in [6.45, 7) is 0. The van der Waals surface area contributed by atoms with Crippen molar-refractivity contribution in [2.75, 3.05) is 56.9 Å². The average Bonchev–Trinajstić information content (AvgIpc) is 3.16. The minimum absolute atomic E-state index is 0.0250. The molecule has 0 aromatic heterocycles. The van der Waals surface area contributed by atoms with Gasteiger partial charge in [-0.15, -0.1) is 0 Å². The zero-order valence-electron chi connectivity index (χ0n) is 29.6. The third-order valence-corrected chi connectivity index (χ3v) is 9.89. The third kappa shape index (κ3) is 5.70. The average molecular weight is 685 g/mol. The van der Waals surface area contributed by atoms with Crippen LogP contribution >= 0.6 is 0 Å². The Bertz CT molecular complexity index is 1590. The highest BCUT2D eigenvalue weighted by atomic mass is 16.5. The van der Waals surface area contributed by atoms with Gasteiger partial charge in [0.1, 0.15) is 5.78 Å². The number of methoxy groups -OCH3 is 8. The van der Waals surface area contributed by atoms with Gasteiger partial charge in [0.2, 0.25) is 0 Å². The molecule has 2 unspecified atom stereocenters. The van der Waals surface area contributed by atoms with Crippen LogP contribution in [-0.2, 0) is 4.79 Å². The zero-order chi connectivity index (χ0) is 35.5. The molecular weight excluding hydrogens is 640 g/mol. The van der Waals surface area contributed by atoms with Crippen molar-refractivity contribution in [3.63, 3.8) is 0 Å². The van der Waals surface area contributed by atoms with Crippen LogP contribution in [0.25, 0.3) is 0 Å². The first-order valence-electron chi connectivity index (χ1n) is 16.3. The van der Waals surface area contributed by atoms with Crippen LogP contribution in [0.1, 0.15) is 46.4 Å². The zero-order valence-corrected chi connectivity index (χ0v) is 29.6. The Balaban J connectivity index is 1.66. The van der Waals surface area contributed by atoms with Gasteiger partial charge in [0.05, 0.1) is 68.7 Å². The number of hydrogen-bond donors (Lipinski definition) is 2. The summed E-state index contributed by atoms with van der Waals surface area (Å²) >= 11 is 0. The Labute approximate surface area is 292 Å². The summed E-state index contributed by atoms with van der Waals surface area (Å²) in [5, 5.41) is 7.85. The van der Waals surface area contributed by atoms with Gasteiger partial charge >= 0.3 is 0 Å². The SMILES string of the molecule is COc1cccc([C@H]2N[C@@H](c3cccc(OC)c3OC)C3C(=O)C2[C@H](c2cccc(OC)c2OC)N[C@@H]3c2cccc(OC)c2OC)c1OC. The Morgan fingerprint density at radius 1 is 0.380 bits per heavy atom. The van der Waals surface area contributed by atoms with E-state index >= 15 is 4.79 Å². The lowest BCUT2D eigenvalue weighted by molar-refractivity contribution is -0.139. The normalized spacial score (nSPS) is 22.7. The van der Waals surface area contributed by atoms with E-state index in [0.29, 0.717) is 46.0 Å². The van der Waals surface area contributed by atoms with E-state index in [-0.39, 0.29) is 5.78 Å². The van der Waals surface area contributed by atoms with Crippen molar-refractivity contribution in [3.05, 3.63) is 95.1 Å². The minimum atomic E-state index is -0.650. The molecule has 11 nitrogen and oxygen atoms in total. The van der Waals surface area contributed by atoms with Crippen LogP contribution in [0.5, 0.6) is 46.0 Å². The summed E-state index contributed by atoms with van der Waals surface area (Å²) < 4.78 is 46.8. The monoisotopic (exact) mass is 684 g/mol. The number of rotatable bonds is 12. The molecule has 0 saturated carbocycles. The Kier molecular flexibility index (Phi) is 10.3. The van der Waals surface area contributed by atoms with Crippen LogP contribution < -0.4 is 48.5 Å². The van der Waals surface area contributed by atoms with Crippen LogP contribution in [0.2, 0.25) is 0 Å². The van der Waals surface area contributed by atoms with E-state index in [4.69, 9.17) is 37.9 Å². The number of ether oxygens (including phenoxy) is 8. The number of carbonyl (C=O) groups excluding carboxylic acids is 1. The van der Waals surface area contributed by atoms with E-state index in [9.17, 15) is 0 Å². The summed E-state index contributed by atoms with van der Waals surface area (Å²) in [4.78, 5) is 15.6. The fourth-order valence-electron chi connectivity index (χ4n) is 7.83. The predicted octanol–water partition coefficient (Wildman–Crippen LogP) is 6.03. The van der Waals surface area contributed by atoms with Crippen LogP contribution in [0, 0.1) is 11.8 Å². The molecule has 2 N–H and O–H groups in total. The number of fused-ring (bicyclic) bond motifs is 2. The molecule has 0 radical (unpaired) electrons. The van der Waals surface area contributed by atoms with E-state index in [0.717, 1.165) is 22.3 Å². The van der Waals surface area contributed by atoms with Gasteiger partial charge in [0.15, 0.2) is 46.0 Å². The maximum atomic E-state index is 15.6. The molecule has 0 spiro atoms. The van der Waals surface area contributed by atoms with Crippen molar-refractivity contribution < 1.29 is 42.7 Å². The molecule has 6 atom stereocenters. The van der Waals surface area contributed by atoms with Gasteiger partial charge in [-0.1, -0.05) is 48.5 Å². The highest BCUT2D eigenvalue weighted by Crippen LogP contribution is 2.57. The lowest BCUT2D eigenvalue weighted by Gasteiger charge is -2.53. The molecule has 0 aliphatic carbocycles. The predicted molar refractivity (Wildman–Crippen MR) is 187 cm³/mol. The van der Waals surface area contributed by atoms with E-state index in [1.807, 2.05) is 72.8 Å². The van der Waals surface area contributed by atoms with E-state index in [2.05, 4.69) is 10.6 Å². The fraction of sp³-hybridized carbons (Fsp3) is 0.359. The number of piperidine rings is 2. The highest BCUT2D eigenvalue weighted by Gasteiger charge is 2.57. The molecule has 264 valence electrons. The van der Waals surface area contributed by atoms with Gasteiger partial charge in [0.25, 0.3) is 0 Å². The molecule has 2 fully saturated rings. The van der Waals surface area contributed by atoms with Gasteiger partial charge in [-0.3, -0.25) is 4.79 Å². The van der Waals surface area contributed by atoms with Crippen molar-refractivity contribution in [2.45, 2.75) is 24.2 Å². The Morgan fingerprint density at radius 3 is 0.820 bits per heavy atom. The summed E-state index contributed by atoms with van der Waals surface area (Å²) in [5.74, 6) is 3.05. The minimum Gasteiger partial charge on any atom is -0.493 e. The first kappa shape index (κ1) is 34.7. The second-order valence-corrected chi connectivity index (χ2v) is 12.0. The molecule has 2 heterocycles. The van der Waals surface area contributed by atoms with Crippen molar-refractivity contribution in [2.24, 2.45) is 11.8 Å². The number of hydrogen-bond acceptors (Lipinski definition) is 11. The Hall–Kier alpha value is -5.13. The van der Waals surface area contributed by atoms with Crippen LogP contribution in [0.4, 0.5) is 0 Å². The van der Waals surface area contributed by atoms with E-state index in [1.165, 1.54) is 0 Å². The van der Waals surface area contributed by atoms with Crippen LogP contribution in [-0.4, -0.2) is 62.7 Å². The fourth-order valence-corrected chi connectivity index (χ4v) is 7.83. The van der Waals surface area contributed by atoms with Crippen molar-refractivity contribution in [1.29, 1.82) is 0 Å². The number of Topliss-reactive ketones (excluding diaryl/α,β-unsaturated/α-hetero) is 1. The number of para-hydroxylation sites is 4. The smallest absolute Gasteiger partial charge is 0.165 e. The van der Waals surface area contributed by atoms with Crippen molar-refractivity contribution in [1.82, 2.24) is 10.6 Å². The maximum absolute atomic E-state index is 15.6. The molecule has 6 rings (SSSR count). The third-order valence-electron chi connectivity index (χ3n) is 9.89. The van der Waals surface area contributed by atoms with Gasteiger partial charge in [-0.2, -0.15) is 0 Å². The molecule has 2 aliphatic rings. The highest BCUT2D eigenvalue weighted by molar-refractivity contribution is 5.90. The van der Waals surface area contributed by atoms with Gasteiger partial charge in [-0.25, -0.2) is 0 Å². The molecule has 11 heteroatoms. The van der Waals surface area contributed by atoms with Crippen molar-refractivity contribution in [3.8, 4) is 46.0 Å². The molecule has 0 amide bonds. The van der Waals surface area contributed by atoms with E-state index < -0.39 is 36.0 Å². The van der Waals surface area contributed by atoms with Gasteiger partial charge in [0, 0.05) is 46.4 Å². The second-order valence-electron chi connectivity index (χ2n) is 12.0. The lowest BCUT2D eigenvalue weighted by Crippen LogP contribution is -2.60. The number of nitrogens with one attached hydrogen (secondary N) is 2. The first-order chi connectivity index (χ1) is 24.4. The first-order valence-corrected chi connectivity index (χ1v) is 16.3. The molecule has 2 saturated heterocycles. The summed E-state index contributed by atoms with van der Waals surface area (Å²) in [6.07, 6.45) is 0. The standard InChI is InChI=1S/C39H44N2O9/c1-43-25-17-9-13-21(36(25)47-5)31-29-32(22-14-10-18-26(44-2)37(22)48-6)41-34(24-16-12-20-28(46-4)39(24)50-8)30(35(29)42)33(40-31)23-15-11-19-27(45-3)38(23)49-7/h9-20,29-34,40-41H,1-8H3/t29?,30?,31-,32+,33+,34-. The van der Waals surface area contributed by atoms with Gasteiger partial charge in [-0.05, 0) is 24.3 Å². The summed E-state index contributed by atoms with van der Waals surface area (Å²) in [5.41, 5.74) is 3.06. The number of benzene rings is 4. The van der Waals surface area contributed by atoms with Crippen LogP contribution in [0.15, 0.2) is 72.8 Å². The molecule has 50 heavy (non-hydrogen) atoms. The van der Waals surface area contributed by atoms with E-state index in [1.54, 1.807) is 56.9 Å². The summed E-state index contributed by atoms with van der Waals surface area (Å²) in [7, 11) is 12.8. The topological polar surface area (TPSA) is 115 Å². The molecule has 4 aromatic carbocycles. The largest absolute Gasteiger partial charge is 0.493 e. The Morgan fingerprint density at radius 2 is 0.620 bits per heavy atom. The quantitative estimate of drug-likeness (QED) is 0.182. The number of ketones is 1. The lowest BCUT2D eigenvalue weighted by atomic mass is 9.63. The van der Waals surface area contributed by atoms with Gasteiger partial charge < -0.3 is 48.5 Å². The molecular formula is C39H44N2O9. The molecule has 4 aromatic rings. The maximum Gasteiger partial charge on any atom is 0.165 e. The second kappa shape index (κ2) is 14.8. The molecule has 2 aliphatic heterocycles. The molecule has 2 bridgehead atoms. The summed E-state index contributed by atoms with van der Waals surface area (Å²) in [6, 6.07) is 20.5. The number of carbonyl (C=O) groups is 1. The van der Waals surface area contributed by atoms with Crippen LogP contribution in [0.3, 0.4) is 0 Å². The van der Waals surface area contributed by atoms with Crippen molar-refractivity contribution >= 4 is 5.78 Å².